The van der Waals surface area contributed by atoms with E-state index in [1.165, 1.54) is 0 Å². The summed E-state index contributed by atoms with van der Waals surface area (Å²) in [5, 5.41) is 6.49. The van der Waals surface area contributed by atoms with Gasteiger partial charge >= 0.3 is 6.18 Å². The molecule has 0 amide bonds. The van der Waals surface area contributed by atoms with E-state index in [0.717, 1.165) is 32.1 Å². The second-order valence-electron chi connectivity index (χ2n) is 6.43. The number of benzene rings is 1. The quantitative estimate of drug-likeness (QED) is 0.725. The number of hydrogen-bond acceptors (Lipinski definition) is 5. The molecule has 2 N–H and O–H groups in total. The molecule has 5 nitrogen and oxygen atoms in total. The minimum Gasteiger partial charge on any atom is -0.367 e. The van der Waals surface area contributed by atoms with Crippen molar-refractivity contribution in [2.24, 2.45) is 0 Å². The number of likely N-dealkylation sites (tertiary alicyclic amines) is 1. The van der Waals surface area contributed by atoms with Gasteiger partial charge in [-0.3, -0.25) is 0 Å². The van der Waals surface area contributed by atoms with Gasteiger partial charge in [0.05, 0.1) is 10.0 Å². The third kappa shape index (κ3) is 5.15. The molecule has 1 aliphatic heterocycles. The van der Waals surface area contributed by atoms with Crippen LogP contribution in [0.4, 0.5) is 30.6 Å². The summed E-state index contributed by atoms with van der Waals surface area (Å²) in [5.74, 6) is -0.188. The number of alkyl halides is 3. The maximum atomic E-state index is 13.3. The van der Waals surface area contributed by atoms with Crippen molar-refractivity contribution >= 4 is 40.7 Å². The van der Waals surface area contributed by atoms with E-state index in [0.29, 0.717) is 15.7 Å². The largest absolute Gasteiger partial charge is 0.421 e. The van der Waals surface area contributed by atoms with Gasteiger partial charge in [0, 0.05) is 17.9 Å². The molecule has 27 heavy (non-hydrogen) atoms. The summed E-state index contributed by atoms with van der Waals surface area (Å²) in [4.78, 5) is 9.99. The summed E-state index contributed by atoms with van der Waals surface area (Å²) in [6.45, 7) is 1.64. The van der Waals surface area contributed by atoms with Crippen LogP contribution in [-0.4, -0.2) is 41.0 Å². The fraction of sp³-hybridized carbons (Fsp3) is 0.412. The van der Waals surface area contributed by atoms with E-state index < -0.39 is 11.7 Å². The van der Waals surface area contributed by atoms with Crippen LogP contribution in [-0.2, 0) is 6.18 Å². The van der Waals surface area contributed by atoms with Crippen LogP contribution in [0.15, 0.2) is 24.4 Å². The van der Waals surface area contributed by atoms with E-state index in [-0.39, 0.29) is 17.8 Å². The highest BCUT2D eigenvalue weighted by atomic mass is 35.5. The summed E-state index contributed by atoms with van der Waals surface area (Å²) in [6.07, 6.45) is -2.28. The lowest BCUT2D eigenvalue weighted by atomic mass is 10.1. The molecule has 1 aromatic carbocycles. The number of anilines is 3. The predicted molar refractivity (Wildman–Crippen MR) is 101 cm³/mol. The molecule has 0 saturated carbocycles. The zero-order valence-corrected chi connectivity index (χ0v) is 16.0. The first kappa shape index (κ1) is 20.0. The standard InChI is InChI=1S/C17H18Cl2F3N5/c1-27-6-4-10(5-7-27)24-15-12(17(20,21)22)9-23-16(26-15)25-11-2-3-13(18)14(19)8-11/h2-3,8-10H,4-7H2,1H3,(H2,23,24,25,26). The van der Waals surface area contributed by atoms with Gasteiger partial charge in [-0.25, -0.2) is 4.98 Å². The number of nitrogens with one attached hydrogen (secondary N) is 2. The van der Waals surface area contributed by atoms with E-state index in [4.69, 9.17) is 23.2 Å². The molecule has 1 aromatic heterocycles. The molecular weight excluding hydrogens is 402 g/mol. The zero-order valence-electron chi connectivity index (χ0n) is 14.4. The van der Waals surface area contributed by atoms with Crippen molar-refractivity contribution in [1.82, 2.24) is 14.9 Å². The molecule has 2 heterocycles. The Hall–Kier alpha value is -1.77. The zero-order chi connectivity index (χ0) is 19.6. The Bertz CT molecular complexity index is 808. The molecule has 2 aromatic rings. The topological polar surface area (TPSA) is 53.1 Å². The first-order valence-corrected chi connectivity index (χ1v) is 9.09. The van der Waals surface area contributed by atoms with Gasteiger partial charge in [-0.1, -0.05) is 23.2 Å². The normalized spacial score (nSPS) is 16.4. The maximum absolute atomic E-state index is 13.3. The maximum Gasteiger partial charge on any atom is 0.421 e. The van der Waals surface area contributed by atoms with E-state index >= 15 is 0 Å². The average molecular weight is 420 g/mol. The molecule has 1 saturated heterocycles. The highest BCUT2D eigenvalue weighted by molar-refractivity contribution is 6.42. The summed E-state index contributed by atoms with van der Waals surface area (Å²) < 4.78 is 40.0. The van der Waals surface area contributed by atoms with Gasteiger partial charge in [0.15, 0.2) is 0 Å². The Kier molecular flexibility index (Phi) is 5.98. The van der Waals surface area contributed by atoms with Gasteiger partial charge in [0.1, 0.15) is 11.4 Å². The van der Waals surface area contributed by atoms with Crippen LogP contribution in [0.5, 0.6) is 0 Å². The number of halogens is 5. The molecule has 0 atom stereocenters. The van der Waals surface area contributed by atoms with Crippen molar-refractivity contribution in [3.8, 4) is 0 Å². The van der Waals surface area contributed by atoms with Crippen LogP contribution in [0, 0.1) is 0 Å². The van der Waals surface area contributed by atoms with E-state index in [1.54, 1.807) is 18.2 Å². The molecule has 1 fully saturated rings. The average Bonchev–Trinajstić information content (AvgIpc) is 2.59. The van der Waals surface area contributed by atoms with Crippen LogP contribution in [0.2, 0.25) is 10.0 Å². The van der Waals surface area contributed by atoms with Crippen molar-refractivity contribution in [1.29, 1.82) is 0 Å². The van der Waals surface area contributed by atoms with Gasteiger partial charge in [0.25, 0.3) is 0 Å². The Morgan fingerprint density at radius 2 is 1.85 bits per heavy atom. The molecule has 10 heteroatoms. The van der Waals surface area contributed by atoms with Crippen molar-refractivity contribution in [3.63, 3.8) is 0 Å². The van der Waals surface area contributed by atoms with Gasteiger partial charge in [-0.2, -0.15) is 18.2 Å². The summed E-state index contributed by atoms with van der Waals surface area (Å²) >= 11 is 11.8. The smallest absolute Gasteiger partial charge is 0.367 e. The number of nitrogens with zero attached hydrogens (tertiary/aromatic N) is 3. The second kappa shape index (κ2) is 8.08. The monoisotopic (exact) mass is 419 g/mol. The van der Waals surface area contributed by atoms with Gasteiger partial charge in [-0.15, -0.1) is 0 Å². The lowest BCUT2D eigenvalue weighted by Crippen LogP contribution is -2.37. The second-order valence-corrected chi connectivity index (χ2v) is 7.24. The lowest BCUT2D eigenvalue weighted by molar-refractivity contribution is -0.137. The molecule has 0 aliphatic carbocycles. The fourth-order valence-corrected chi connectivity index (χ4v) is 3.11. The van der Waals surface area contributed by atoms with Gasteiger partial charge < -0.3 is 15.5 Å². The van der Waals surface area contributed by atoms with Gasteiger partial charge in [-0.05, 0) is 51.2 Å². The number of rotatable bonds is 4. The van der Waals surface area contributed by atoms with Crippen LogP contribution in [0.25, 0.3) is 0 Å². The number of hydrogen-bond donors (Lipinski definition) is 2. The van der Waals surface area contributed by atoms with E-state index in [9.17, 15) is 13.2 Å². The number of aromatic nitrogens is 2. The Morgan fingerprint density at radius 3 is 2.48 bits per heavy atom. The van der Waals surface area contributed by atoms with Crippen LogP contribution in [0.3, 0.4) is 0 Å². The minimum atomic E-state index is -4.55. The molecule has 3 rings (SSSR count). The van der Waals surface area contributed by atoms with E-state index in [2.05, 4.69) is 25.5 Å². The molecule has 146 valence electrons. The van der Waals surface area contributed by atoms with Gasteiger partial charge in [0.2, 0.25) is 5.95 Å². The summed E-state index contributed by atoms with van der Waals surface area (Å²) in [6, 6.07) is 4.69. The third-order valence-electron chi connectivity index (χ3n) is 4.33. The molecular formula is C17H18Cl2F3N5. The highest BCUT2D eigenvalue weighted by Crippen LogP contribution is 2.35. The Morgan fingerprint density at radius 1 is 1.15 bits per heavy atom. The SMILES string of the molecule is CN1CCC(Nc2nc(Nc3ccc(Cl)c(Cl)c3)ncc2C(F)(F)F)CC1. The fourth-order valence-electron chi connectivity index (χ4n) is 2.81. The van der Waals surface area contributed by atoms with Crippen molar-refractivity contribution in [2.75, 3.05) is 30.8 Å². The first-order chi connectivity index (χ1) is 12.7. The molecule has 0 spiro atoms. The van der Waals surface area contributed by atoms with Crippen LogP contribution in [0.1, 0.15) is 18.4 Å². The van der Waals surface area contributed by atoms with E-state index in [1.807, 2.05) is 7.05 Å². The van der Waals surface area contributed by atoms with Crippen molar-refractivity contribution in [2.45, 2.75) is 25.1 Å². The first-order valence-electron chi connectivity index (χ1n) is 8.34. The third-order valence-corrected chi connectivity index (χ3v) is 5.07. The molecule has 0 bridgehead atoms. The molecule has 0 unspecified atom stereocenters. The summed E-state index contributed by atoms with van der Waals surface area (Å²) in [5.41, 5.74) is -0.365. The van der Waals surface area contributed by atoms with Crippen LogP contribution < -0.4 is 10.6 Å². The Balaban J connectivity index is 1.84. The highest BCUT2D eigenvalue weighted by Gasteiger charge is 2.36. The van der Waals surface area contributed by atoms with Crippen molar-refractivity contribution < 1.29 is 13.2 Å². The van der Waals surface area contributed by atoms with Crippen LogP contribution >= 0.6 is 23.2 Å². The molecule has 0 radical (unpaired) electrons. The number of piperidine rings is 1. The Labute approximate surface area is 164 Å². The summed E-state index contributed by atoms with van der Waals surface area (Å²) in [7, 11) is 1.99. The predicted octanol–water partition coefficient (Wildman–Crippen LogP) is 5.05. The lowest BCUT2D eigenvalue weighted by Gasteiger charge is -2.30. The minimum absolute atomic E-state index is 0.0387. The molecule has 1 aliphatic rings. The van der Waals surface area contributed by atoms with Crippen molar-refractivity contribution in [3.05, 3.63) is 40.0 Å².